The van der Waals surface area contributed by atoms with E-state index in [0.29, 0.717) is 22.2 Å². The lowest BCUT2D eigenvalue weighted by Gasteiger charge is -2.21. The number of para-hydroxylation sites is 1. The number of carbonyl (C=O) groups is 1. The number of hydrogen-bond donors (Lipinski definition) is 0. The Morgan fingerprint density at radius 3 is 2.62 bits per heavy atom. The molecule has 6 nitrogen and oxygen atoms in total. The predicted octanol–water partition coefficient (Wildman–Crippen LogP) is 5.64. The Labute approximate surface area is 190 Å². The molecule has 1 amide bonds. The average Bonchev–Trinajstić information content (AvgIpc) is 3.25. The van der Waals surface area contributed by atoms with Crippen molar-refractivity contribution in [1.29, 1.82) is 0 Å². The zero-order valence-corrected chi connectivity index (χ0v) is 19.1. The van der Waals surface area contributed by atoms with Crippen molar-refractivity contribution >= 4 is 39.0 Å². The van der Waals surface area contributed by atoms with E-state index in [9.17, 15) is 9.59 Å². The average molecular weight is 449 g/mol. The summed E-state index contributed by atoms with van der Waals surface area (Å²) >= 11 is 1.40. The Morgan fingerprint density at radius 2 is 1.88 bits per heavy atom. The first-order valence-corrected chi connectivity index (χ1v) is 11.4. The summed E-state index contributed by atoms with van der Waals surface area (Å²) in [5, 5.41) is 3.40. The van der Waals surface area contributed by atoms with Gasteiger partial charge >= 0.3 is 5.63 Å². The van der Waals surface area contributed by atoms with Crippen LogP contribution in [0.2, 0.25) is 0 Å². The number of aromatic nitrogens is 1. The van der Waals surface area contributed by atoms with E-state index in [1.54, 1.807) is 11.0 Å². The molecule has 0 N–H and O–H groups in total. The highest BCUT2D eigenvalue weighted by molar-refractivity contribution is 7.14. The van der Waals surface area contributed by atoms with Gasteiger partial charge in [-0.25, -0.2) is 9.78 Å². The topological polar surface area (TPSA) is 72.6 Å². The summed E-state index contributed by atoms with van der Waals surface area (Å²) in [6, 6.07) is 14.9. The Kier molecular flexibility index (Phi) is 6.37. The highest BCUT2D eigenvalue weighted by Gasteiger charge is 2.20. The molecule has 0 aliphatic carbocycles. The zero-order chi connectivity index (χ0) is 22.7. The van der Waals surface area contributed by atoms with Crippen LogP contribution in [0.3, 0.4) is 0 Å². The van der Waals surface area contributed by atoms with Gasteiger partial charge in [0.2, 0.25) is 5.91 Å². The minimum atomic E-state index is -0.368. The van der Waals surface area contributed by atoms with Crippen LogP contribution >= 0.6 is 11.3 Å². The summed E-state index contributed by atoms with van der Waals surface area (Å²) in [5.41, 5.74) is 3.73. The van der Waals surface area contributed by atoms with Gasteiger partial charge in [-0.1, -0.05) is 32.0 Å². The number of fused-ring (bicyclic) bond motifs is 1. The molecule has 32 heavy (non-hydrogen) atoms. The van der Waals surface area contributed by atoms with Crippen molar-refractivity contribution in [3.05, 3.63) is 81.2 Å². The van der Waals surface area contributed by atoms with Crippen molar-refractivity contribution < 1.29 is 13.9 Å². The predicted molar refractivity (Wildman–Crippen MR) is 127 cm³/mol. The van der Waals surface area contributed by atoms with Gasteiger partial charge in [-0.2, -0.15) is 0 Å². The first-order chi connectivity index (χ1) is 15.5. The van der Waals surface area contributed by atoms with E-state index >= 15 is 0 Å². The molecular weight excluding hydrogens is 424 g/mol. The molecule has 0 spiro atoms. The molecule has 0 saturated carbocycles. The first kappa shape index (κ1) is 21.8. The second kappa shape index (κ2) is 9.36. The van der Waals surface area contributed by atoms with Crippen LogP contribution in [0.5, 0.6) is 5.75 Å². The van der Waals surface area contributed by atoms with Gasteiger partial charge in [0, 0.05) is 29.8 Å². The van der Waals surface area contributed by atoms with Gasteiger partial charge in [0.25, 0.3) is 0 Å². The van der Waals surface area contributed by atoms with Crippen LogP contribution in [0.25, 0.3) is 11.0 Å². The maximum atomic E-state index is 12.4. The highest BCUT2D eigenvalue weighted by Crippen LogP contribution is 2.32. The number of carbonyl (C=O) groups excluding carboxylic acids is 1. The number of hydrogen-bond acceptors (Lipinski definition) is 6. The summed E-state index contributed by atoms with van der Waals surface area (Å²) in [6.45, 7) is 5.84. The molecule has 4 aromatic rings. The maximum Gasteiger partial charge on any atom is 0.336 e. The van der Waals surface area contributed by atoms with Crippen LogP contribution in [-0.4, -0.2) is 10.9 Å². The number of rotatable bonds is 7. The van der Waals surface area contributed by atoms with E-state index in [2.05, 4.69) is 11.9 Å². The number of anilines is 2. The van der Waals surface area contributed by atoms with Gasteiger partial charge < -0.3 is 9.15 Å². The molecule has 0 aliphatic rings. The smallest absolute Gasteiger partial charge is 0.336 e. The molecule has 0 unspecified atom stereocenters. The van der Waals surface area contributed by atoms with Gasteiger partial charge in [0.15, 0.2) is 5.13 Å². The van der Waals surface area contributed by atoms with Gasteiger partial charge in [-0.3, -0.25) is 9.69 Å². The Morgan fingerprint density at radius 1 is 1.09 bits per heavy atom. The van der Waals surface area contributed by atoms with E-state index in [0.717, 1.165) is 35.0 Å². The van der Waals surface area contributed by atoms with E-state index in [4.69, 9.17) is 9.15 Å². The molecule has 0 fully saturated rings. The van der Waals surface area contributed by atoms with Gasteiger partial charge in [-0.05, 0) is 42.2 Å². The Hall–Kier alpha value is -3.45. The molecule has 7 heteroatoms. The van der Waals surface area contributed by atoms with Gasteiger partial charge in [0.05, 0.1) is 11.4 Å². The second-order valence-corrected chi connectivity index (χ2v) is 8.19. The van der Waals surface area contributed by atoms with E-state index in [1.165, 1.54) is 24.3 Å². The van der Waals surface area contributed by atoms with E-state index in [1.807, 2.05) is 48.7 Å². The van der Waals surface area contributed by atoms with Gasteiger partial charge in [0.1, 0.15) is 17.9 Å². The first-order valence-electron chi connectivity index (χ1n) is 10.5. The molecule has 164 valence electrons. The van der Waals surface area contributed by atoms with Crippen LogP contribution in [-0.2, 0) is 24.2 Å². The molecular formula is C25H24N2O4S. The lowest BCUT2D eigenvalue weighted by molar-refractivity contribution is -0.115. The summed E-state index contributed by atoms with van der Waals surface area (Å²) in [4.78, 5) is 30.5. The minimum absolute atomic E-state index is 0.0935. The monoisotopic (exact) mass is 448 g/mol. The normalized spacial score (nSPS) is 11.0. The molecule has 2 aromatic carbocycles. The molecule has 0 aliphatic heterocycles. The SMILES string of the molecule is CCc1ccccc1N(C(C)=O)c1nc(COc2ccc3c(CC)cc(=O)oc3c2)cs1. The summed E-state index contributed by atoms with van der Waals surface area (Å²) in [6.07, 6.45) is 1.57. The third-order valence-corrected chi connectivity index (χ3v) is 6.10. The lowest BCUT2D eigenvalue weighted by Crippen LogP contribution is -2.23. The maximum absolute atomic E-state index is 12.4. The van der Waals surface area contributed by atoms with E-state index < -0.39 is 0 Å². The van der Waals surface area contributed by atoms with Crippen LogP contribution in [0.1, 0.15) is 37.6 Å². The quantitative estimate of drug-likeness (QED) is 0.342. The highest BCUT2D eigenvalue weighted by atomic mass is 32.1. The van der Waals surface area contributed by atoms with Crippen LogP contribution in [0, 0.1) is 0 Å². The number of aryl methyl sites for hydroxylation is 2. The number of nitrogens with zero attached hydrogens (tertiary/aromatic N) is 2. The Balaban J connectivity index is 1.55. The van der Waals surface area contributed by atoms with Crippen molar-refractivity contribution in [2.45, 2.75) is 40.2 Å². The number of ether oxygens (including phenoxy) is 1. The summed E-state index contributed by atoms with van der Waals surface area (Å²) < 4.78 is 11.2. The standard InChI is InChI=1S/C25H24N2O4S/c1-4-17-8-6-7-9-22(17)27(16(3)28)25-26-19(15-32-25)14-30-20-10-11-21-18(5-2)12-24(29)31-23(21)13-20/h6-13,15H,4-5,14H2,1-3H3. The second-order valence-electron chi connectivity index (χ2n) is 7.35. The molecule has 0 bridgehead atoms. The van der Waals surface area contributed by atoms with Crippen molar-refractivity contribution in [2.75, 3.05) is 4.90 Å². The number of amides is 1. The third-order valence-electron chi connectivity index (χ3n) is 5.23. The fourth-order valence-corrected chi connectivity index (χ4v) is 4.51. The molecule has 0 radical (unpaired) electrons. The van der Waals surface area contributed by atoms with Gasteiger partial charge in [-0.15, -0.1) is 11.3 Å². The fourth-order valence-electron chi connectivity index (χ4n) is 3.65. The van der Waals surface area contributed by atoms with E-state index in [-0.39, 0.29) is 18.1 Å². The molecule has 2 heterocycles. The lowest BCUT2D eigenvalue weighted by atomic mass is 10.1. The minimum Gasteiger partial charge on any atom is -0.487 e. The molecule has 4 rings (SSSR count). The number of benzene rings is 2. The summed E-state index contributed by atoms with van der Waals surface area (Å²) in [7, 11) is 0. The van der Waals surface area contributed by atoms with Crippen LogP contribution < -0.4 is 15.3 Å². The van der Waals surface area contributed by atoms with Crippen molar-refractivity contribution in [1.82, 2.24) is 4.98 Å². The van der Waals surface area contributed by atoms with Crippen molar-refractivity contribution in [3.63, 3.8) is 0 Å². The van der Waals surface area contributed by atoms with Crippen molar-refractivity contribution in [3.8, 4) is 5.75 Å². The number of thiazole rings is 1. The zero-order valence-electron chi connectivity index (χ0n) is 18.3. The molecule has 2 aromatic heterocycles. The third kappa shape index (κ3) is 4.43. The fraction of sp³-hybridized carbons (Fsp3) is 0.240. The molecule has 0 atom stereocenters. The largest absolute Gasteiger partial charge is 0.487 e. The molecule has 0 saturated heterocycles. The van der Waals surface area contributed by atoms with Crippen LogP contribution in [0.4, 0.5) is 10.8 Å². The Bertz CT molecular complexity index is 1330. The summed E-state index contributed by atoms with van der Waals surface area (Å²) in [5.74, 6) is 0.493. The van der Waals surface area contributed by atoms with Crippen LogP contribution in [0.15, 0.2) is 63.1 Å². The van der Waals surface area contributed by atoms with Crippen molar-refractivity contribution in [2.24, 2.45) is 0 Å².